The van der Waals surface area contributed by atoms with Crippen LogP contribution in [0.3, 0.4) is 0 Å². The molecule has 24 heavy (non-hydrogen) atoms. The van der Waals surface area contributed by atoms with Crippen molar-refractivity contribution in [2.24, 2.45) is 23.2 Å². The highest BCUT2D eigenvalue weighted by atomic mass is 32.1. The van der Waals surface area contributed by atoms with Gasteiger partial charge in [0.25, 0.3) is 5.91 Å². The van der Waals surface area contributed by atoms with Gasteiger partial charge in [0, 0.05) is 27.9 Å². The van der Waals surface area contributed by atoms with Crippen LogP contribution in [0.1, 0.15) is 43.5 Å². The number of thiophene rings is 1. The molecule has 0 unspecified atom stereocenters. The average molecular weight is 341 g/mol. The number of amides is 1. The van der Waals surface area contributed by atoms with Gasteiger partial charge in [-0.25, -0.2) is 0 Å². The van der Waals surface area contributed by atoms with E-state index in [1.807, 2.05) is 29.6 Å². The van der Waals surface area contributed by atoms with Crippen molar-refractivity contribution < 1.29 is 9.59 Å². The Bertz CT molecular complexity index is 794. The van der Waals surface area contributed by atoms with Crippen LogP contribution < -0.4 is 5.32 Å². The molecule has 0 spiro atoms. The molecule has 126 valence electrons. The summed E-state index contributed by atoms with van der Waals surface area (Å²) in [7, 11) is 0. The smallest absolute Gasteiger partial charge is 0.252 e. The Morgan fingerprint density at radius 3 is 2.88 bits per heavy atom. The Morgan fingerprint density at radius 1 is 1.33 bits per heavy atom. The fourth-order valence-corrected chi connectivity index (χ4v) is 5.81. The Balaban J connectivity index is 1.60. The van der Waals surface area contributed by atoms with Crippen LogP contribution in [0.5, 0.6) is 0 Å². The van der Waals surface area contributed by atoms with Crippen molar-refractivity contribution >= 4 is 33.6 Å². The molecule has 5 rings (SSSR count). The van der Waals surface area contributed by atoms with Gasteiger partial charge < -0.3 is 10.1 Å². The van der Waals surface area contributed by atoms with Crippen LogP contribution in [-0.4, -0.2) is 18.2 Å². The van der Waals surface area contributed by atoms with Gasteiger partial charge >= 0.3 is 0 Å². The fourth-order valence-electron chi connectivity index (χ4n) is 4.87. The second kappa shape index (κ2) is 5.69. The van der Waals surface area contributed by atoms with Crippen molar-refractivity contribution in [3.63, 3.8) is 0 Å². The molecular weight excluding hydrogens is 318 g/mol. The first-order chi connectivity index (χ1) is 11.5. The first kappa shape index (κ1) is 15.8. The summed E-state index contributed by atoms with van der Waals surface area (Å²) in [5, 5.41) is 6.27. The highest BCUT2D eigenvalue weighted by Gasteiger charge is 2.57. The zero-order valence-corrected chi connectivity index (χ0v) is 14.9. The van der Waals surface area contributed by atoms with Crippen molar-refractivity contribution in [3.05, 3.63) is 35.2 Å². The third-order valence-electron chi connectivity index (χ3n) is 6.50. The third-order valence-corrected chi connectivity index (χ3v) is 7.46. The SMILES string of the molecule is CC1(C)[C@H]2C[C@H](CC=O)[C@@H](NC(=O)c3csc4ccccc34)[C@@H]1C2. The number of hydrogen-bond donors (Lipinski definition) is 1. The van der Waals surface area contributed by atoms with Crippen LogP contribution in [0, 0.1) is 23.2 Å². The van der Waals surface area contributed by atoms with Gasteiger partial charge in [0.15, 0.2) is 0 Å². The maximum atomic E-state index is 12.9. The highest BCUT2D eigenvalue weighted by Crippen LogP contribution is 2.61. The number of fused-ring (bicyclic) bond motifs is 3. The van der Waals surface area contributed by atoms with Crippen LogP contribution in [0.4, 0.5) is 0 Å². The van der Waals surface area contributed by atoms with Crippen molar-refractivity contribution in [1.82, 2.24) is 5.32 Å². The zero-order valence-electron chi connectivity index (χ0n) is 14.1. The van der Waals surface area contributed by atoms with E-state index in [0.29, 0.717) is 18.3 Å². The first-order valence-corrected chi connectivity index (χ1v) is 9.61. The molecule has 1 aromatic heterocycles. The standard InChI is InChI=1S/C20H23NO2S/c1-20(2)13-9-12(7-8-22)18(16(20)10-13)21-19(23)15-11-24-17-6-4-3-5-14(15)17/h3-6,8,11-13,16,18H,7,9-10H2,1-2H3,(H,21,23)/t12-,13-,16-,18+/m0/s1. The predicted octanol–water partition coefficient (Wildman–Crippen LogP) is 4.27. The predicted molar refractivity (Wildman–Crippen MR) is 97.2 cm³/mol. The molecule has 0 radical (unpaired) electrons. The molecule has 4 heteroatoms. The second-order valence-corrected chi connectivity index (χ2v) is 8.81. The average Bonchev–Trinajstić information content (AvgIpc) is 3.00. The van der Waals surface area contributed by atoms with Crippen LogP contribution in [0.25, 0.3) is 10.1 Å². The minimum absolute atomic E-state index is 0.00880. The Morgan fingerprint density at radius 2 is 2.12 bits per heavy atom. The lowest BCUT2D eigenvalue weighted by atomic mass is 9.44. The second-order valence-electron chi connectivity index (χ2n) is 7.90. The maximum absolute atomic E-state index is 12.9. The van der Waals surface area contributed by atoms with E-state index in [4.69, 9.17) is 0 Å². The molecule has 1 amide bonds. The molecule has 3 fully saturated rings. The number of hydrogen-bond acceptors (Lipinski definition) is 3. The summed E-state index contributed by atoms with van der Waals surface area (Å²) in [6.07, 6.45) is 3.80. The Kier molecular flexibility index (Phi) is 3.75. The van der Waals surface area contributed by atoms with Crippen molar-refractivity contribution in [1.29, 1.82) is 0 Å². The van der Waals surface area contributed by atoms with E-state index < -0.39 is 0 Å². The van der Waals surface area contributed by atoms with Crippen molar-refractivity contribution in [2.75, 3.05) is 0 Å². The summed E-state index contributed by atoms with van der Waals surface area (Å²) < 4.78 is 1.14. The summed E-state index contributed by atoms with van der Waals surface area (Å²) in [6.45, 7) is 4.62. The molecule has 3 saturated carbocycles. The van der Waals surface area contributed by atoms with E-state index >= 15 is 0 Å². The minimum atomic E-state index is 0.00880. The molecule has 4 atom stereocenters. The monoisotopic (exact) mass is 341 g/mol. The van der Waals surface area contributed by atoms with Gasteiger partial charge in [0.05, 0.1) is 5.56 Å². The van der Waals surface area contributed by atoms with Gasteiger partial charge in [-0.2, -0.15) is 0 Å². The van der Waals surface area contributed by atoms with Crippen LogP contribution >= 0.6 is 11.3 Å². The quantitative estimate of drug-likeness (QED) is 0.844. The third kappa shape index (κ3) is 2.31. The fraction of sp³-hybridized carbons (Fsp3) is 0.500. The molecule has 1 N–H and O–H groups in total. The Hall–Kier alpha value is -1.68. The van der Waals surface area contributed by atoms with Crippen molar-refractivity contribution in [2.45, 2.75) is 39.2 Å². The van der Waals surface area contributed by atoms with E-state index in [1.54, 1.807) is 11.3 Å². The van der Waals surface area contributed by atoms with E-state index in [1.165, 1.54) is 6.42 Å². The summed E-state index contributed by atoms with van der Waals surface area (Å²) in [5.41, 5.74) is 1.04. The number of aldehydes is 1. The van der Waals surface area contributed by atoms with Crippen LogP contribution in [-0.2, 0) is 4.79 Å². The summed E-state index contributed by atoms with van der Waals surface area (Å²) in [5.74, 6) is 1.47. The van der Waals surface area contributed by atoms with Gasteiger partial charge in [-0.05, 0) is 42.1 Å². The molecule has 0 aliphatic heterocycles. The number of carbonyl (C=O) groups excluding carboxylic acids is 2. The molecule has 2 aromatic rings. The molecule has 0 saturated heterocycles. The van der Waals surface area contributed by atoms with Gasteiger partial charge in [-0.3, -0.25) is 4.79 Å². The minimum Gasteiger partial charge on any atom is -0.349 e. The van der Waals surface area contributed by atoms with E-state index in [0.717, 1.165) is 28.4 Å². The lowest BCUT2D eigenvalue weighted by molar-refractivity contribution is -0.123. The highest BCUT2D eigenvalue weighted by molar-refractivity contribution is 7.17. The van der Waals surface area contributed by atoms with E-state index in [2.05, 4.69) is 19.2 Å². The van der Waals surface area contributed by atoms with E-state index in [-0.39, 0.29) is 23.3 Å². The van der Waals surface area contributed by atoms with Gasteiger partial charge in [-0.1, -0.05) is 32.0 Å². The lowest BCUT2D eigenvalue weighted by Gasteiger charge is -2.62. The molecule has 3 nitrogen and oxygen atoms in total. The van der Waals surface area contributed by atoms with E-state index in [9.17, 15) is 9.59 Å². The molecule has 1 aromatic carbocycles. The first-order valence-electron chi connectivity index (χ1n) is 8.73. The number of carbonyl (C=O) groups is 2. The summed E-state index contributed by atoms with van der Waals surface area (Å²) in [4.78, 5) is 24.0. The topological polar surface area (TPSA) is 46.2 Å². The number of benzene rings is 1. The van der Waals surface area contributed by atoms with Crippen molar-refractivity contribution in [3.8, 4) is 0 Å². The molecule has 1 heterocycles. The van der Waals surface area contributed by atoms with Gasteiger partial charge in [0.1, 0.15) is 6.29 Å². The lowest BCUT2D eigenvalue weighted by Crippen LogP contribution is -2.63. The number of rotatable bonds is 4. The largest absolute Gasteiger partial charge is 0.349 e. The summed E-state index contributed by atoms with van der Waals surface area (Å²) >= 11 is 1.61. The maximum Gasteiger partial charge on any atom is 0.252 e. The summed E-state index contributed by atoms with van der Waals surface area (Å²) in [6, 6.07) is 8.14. The normalized spacial score (nSPS) is 30.6. The Labute approximate surface area is 146 Å². The molecule has 3 aliphatic carbocycles. The van der Waals surface area contributed by atoms with Crippen LogP contribution in [0.15, 0.2) is 29.6 Å². The van der Waals surface area contributed by atoms with Crippen LogP contribution in [0.2, 0.25) is 0 Å². The zero-order chi connectivity index (χ0) is 16.9. The van der Waals surface area contributed by atoms with Gasteiger partial charge in [-0.15, -0.1) is 11.3 Å². The van der Waals surface area contributed by atoms with Gasteiger partial charge in [0.2, 0.25) is 0 Å². The molecule has 3 aliphatic rings. The molecular formula is C20H23NO2S. The number of nitrogens with one attached hydrogen (secondary N) is 1. The molecule has 2 bridgehead atoms.